The molecule has 0 bridgehead atoms. The van der Waals surface area contributed by atoms with E-state index < -0.39 is 0 Å². The summed E-state index contributed by atoms with van der Waals surface area (Å²) in [5.41, 5.74) is 0. The standard InChI is InChI=1S/C22H40N2O7/c1-4-5-18(2)20(26)7-13-31-17-11-24-22(28)9-15-29-14-8-21(27)23-10-16-30-12-6-19(3)25/h18H,4-17H2,1-3H3,(H,23,27)(H,24,28). The third-order valence-electron chi connectivity index (χ3n) is 4.45. The fourth-order valence-electron chi connectivity index (χ4n) is 2.57. The van der Waals surface area contributed by atoms with Crippen molar-refractivity contribution in [2.75, 3.05) is 52.7 Å². The van der Waals surface area contributed by atoms with E-state index in [0.717, 1.165) is 12.8 Å². The van der Waals surface area contributed by atoms with Crippen molar-refractivity contribution in [1.29, 1.82) is 0 Å². The van der Waals surface area contributed by atoms with Crippen LogP contribution in [0.5, 0.6) is 0 Å². The first-order valence-electron chi connectivity index (χ1n) is 11.2. The van der Waals surface area contributed by atoms with Crippen molar-refractivity contribution in [3.05, 3.63) is 0 Å². The third kappa shape index (κ3) is 19.8. The topological polar surface area (TPSA) is 120 Å². The zero-order chi connectivity index (χ0) is 23.3. The molecule has 0 aromatic carbocycles. The smallest absolute Gasteiger partial charge is 0.222 e. The van der Waals surface area contributed by atoms with Crippen LogP contribution in [-0.4, -0.2) is 76.1 Å². The number of hydrogen-bond donors (Lipinski definition) is 2. The van der Waals surface area contributed by atoms with Crippen LogP contribution < -0.4 is 10.6 Å². The highest BCUT2D eigenvalue weighted by Crippen LogP contribution is 2.08. The zero-order valence-corrected chi connectivity index (χ0v) is 19.3. The van der Waals surface area contributed by atoms with Crippen LogP contribution >= 0.6 is 0 Å². The molecular weight excluding hydrogens is 404 g/mol. The summed E-state index contributed by atoms with van der Waals surface area (Å²) in [6.07, 6.45) is 3.10. The van der Waals surface area contributed by atoms with E-state index in [-0.39, 0.29) is 55.4 Å². The minimum atomic E-state index is -0.153. The van der Waals surface area contributed by atoms with Gasteiger partial charge in [0.05, 0.1) is 39.6 Å². The molecule has 2 amide bonds. The summed E-state index contributed by atoms with van der Waals surface area (Å²) in [6, 6.07) is 0. The lowest BCUT2D eigenvalue weighted by molar-refractivity contribution is -0.125. The Hall–Kier alpha value is -1.84. The molecule has 2 N–H and O–H groups in total. The van der Waals surface area contributed by atoms with Gasteiger partial charge in [-0.1, -0.05) is 20.3 Å². The molecule has 0 heterocycles. The lowest BCUT2D eigenvalue weighted by Gasteiger charge is -2.10. The minimum absolute atomic E-state index is 0.0729. The van der Waals surface area contributed by atoms with E-state index in [2.05, 4.69) is 17.6 Å². The molecule has 0 saturated carbocycles. The van der Waals surface area contributed by atoms with Gasteiger partial charge in [-0.2, -0.15) is 0 Å². The molecule has 0 rings (SSSR count). The molecule has 0 fully saturated rings. The number of ether oxygens (including phenoxy) is 3. The molecule has 0 radical (unpaired) electrons. The van der Waals surface area contributed by atoms with Crippen LogP contribution in [0.25, 0.3) is 0 Å². The number of ketones is 2. The molecule has 9 nitrogen and oxygen atoms in total. The van der Waals surface area contributed by atoms with Crippen LogP contribution in [0.3, 0.4) is 0 Å². The van der Waals surface area contributed by atoms with E-state index in [4.69, 9.17) is 14.2 Å². The summed E-state index contributed by atoms with van der Waals surface area (Å²) in [4.78, 5) is 45.8. The molecule has 1 unspecified atom stereocenters. The van der Waals surface area contributed by atoms with E-state index in [0.29, 0.717) is 52.4 Å². The Bertz CT molecular complexity index is 526. The van der Waals surface area contributed by atoms with Crippen molar-refractivity contribution >= 4 is 23.4 Å². The van der Waals surface area contributed by atoms with Gasteiger partial charge in [-0.05, 0) is 13.3 Å². The van der Waals surface area contributed by atoms with E-state index >= 15 is 0 Å². The Morgan fingerprint density at radius 2 is 1.16 bits per heavy atom. The lowest BCUT2D eigenvalue weighted by Crippen LogP contribution is -2.29. The molecule has 0 aliphatic heterocycles. The van der Waals surface area contributed by atoms with Gasteiger partial charge in [0.15, 0.2) is 0 Å². The highest BCUT2D eigenvalue weighted by molar-refractivity contribution is 5.80. The molecule has 0 aromatic heterocycles. The Balaban J connectivity index is 3.45. The fourth-order valence-corrected chi connectivity index (χ4v) is 2.57. The number of hydrogen-bond acceptors (Lipinski definition) is 7. The Morgan fingerprint density at radius 3 is 1.65 bits per heavy atom. The van der Waals surface area contributed by atoms with E-state index in [1.807, 2.05) is 6.92 Å². The predicted octanol–water partition coefficient (Wildman–Crippen LogP) is 1.42. The van der Waals surface area contributed by atoms with Gasteiger partial charge in [-0.15, -0.1) is 0 Å². The second kappa shape index (κ2) is 20.1. The van der Waals surface area contributed by atoms with E-state index in [9.17, 15) is 19.2 Å². The van der Waals surface area contributed by atoms with Gasteiger partial charge in [0.1, 0.15) is 11.6 Å². The first-order chi connectivity index (χ1) is 14.9. The number of carbonyl (C=O) groups excluding carboxylic acids is 4. The highest BCUT2D eigenvalue weighted by atomic mass is 16.5. The molecule has 0 aliphatic carbocycles. The average molecular weight is 445 g/mol. The number of carbonyl (C=O) groups is 4. The summed E-state index contributed by atoms with van der Waals surface area (Å²) in [5, 5.41) is 5.41. The maximum absolute atomic E-state index is 11.8. The molecule has 9 heteroatoms. The second-order valence-electron chi connectivity index (χ2n) is 7.40. The molecule has 0 aliphatic rings. The van der Waals surface area contributed by atoms with Gasteiger partial charge in [0, 0.05) is 44.7 Å². The first-order valence-corrected chi connectivity index (χ1v) is 11.2. The number of Topliss-reactive ketones (excluding diaryl/α,β-unsaturated/α-hetero) is 2. The fraction of sp³-hybridized carbons (Fsp3) is 0.818. The van der Waals surface area contributed by atoms with Crippen molar-refractivity contribution in [2.24, 2.45) is 5.92 Å². The maximum Gasteiger partial charge on any atom is 0.222 e. The number of amides is 2. The van der Waals surface area contributed by atoms with E-state index in [1.165, 1.54) is 6.92 Å². The van der Waals surface area contributed by atoms with Crippen LogP contribution in [0, 0.1) is 5.92 Å². The van der Waals surface area contributed by atoms with Crippen LogP contribution in [0.4, 0.5) is 0 Å². The average Bonchev–Trinajstić information content (AvgIpc) is 2.72. The molecular formula is C22H40N2O7. The van der Waals surface area contributed by atoms with Gasteiger partial charge < -0.3 is 24.8 Å². The SMILES string of the molecule is CCCC(C)C(=O)CCOCCNC(=O)CCOCCC(=O)NCCOCCC(C)=O. The van der Waals surface area contributed by atoms with Gasteiger partial charge in [0.25, 0.3) is 0 Å². The maximum atomic E-state index is 11.8. The Labute approximate surface area is 185 Å². The lowest BCUT2D eigenvalue weighted by atomic mass is 9.99. The molecule has 180 valence electrons. The Morgan fingerprint density at radius 1 is 0.710 bits per heavy atom. The monoisotopic (exact) mass is 444 g/mol. The van der Waals surface area contributed by atoms with Gasteiger partial charge in [0.2, 0.25) is 11.8 Å². The van der Waals surface area contributed by atoms with Crippen molar-refractivity contribution < 1.29 is 33.4 Å². The highest BCUT2D eigenvalue weighted by Gasteiger charge is 2.11. The van der Waals surface area contributed by atoms with Crippen molar-refractivity contribution in [2.45, 2.75) is 59.3 Å². The molecule has 0 saturated heterocycles. The summed E-state index contributed by atoms with van der Waals surface area (Å²) in [7, 11) is 0. The molecule has 0 aromatic rings. The van der Waals surface area contributed by atoms with Crippen LogP contribution in [0.1, 0.15) is 59.3 Å². The molecule has 0 spiro atoms. The predicted molar refractivity (Wildman–Crippen MR) is 117 cm³/mol. The normalized spacial score (nSPS) is 11.7. The molecule has 1 atom stereocenters. The van der Waals surface area contributed by atoms with Gasteiger partial charge in [-0.25, -0.2) is 0 Å². The summed E-state index contributed by atoms with van der Waals surface area (Å²) in [5.74, 6) is 0.0678. The van der Waals surface area contributed by atoms with Crippen molar-refractivity contribution in [3.63, 3.8) is 0 Å². The van der Waals surface area contributed by atoms with E-state index in [1.54, 1.807) is 0 Å². The second-order valence-corrected chi connectivity index (χ2v) is 7.40. The quantitative estimate of drug-likeness (QED) is 0.257. The van der Waals surface area contributed by atoms with Crippen LogP contribution in [0.15, 0.2) is 0 Å². The summed E-state index contributed by atoms with van der Waals surface area (Å²) in [6.45, 7) is 8.19. The zero-order valence-electron chi connectivity index (χ0n) is 19.3. The van der Waals surface area contributed by atoms with Crippen LogP contribution in [-0.2, 0) is 33.4 Å². The largest absolute Gasteiger partial charge is 0.380 e. The summed E-state index contributed by atoms with van der Waals surface area (Å²) < 4.78 is 15.9. The number of rotatable bonds is 21. The summed E-state index contributed by atoms with van der Waals surface area (Å²) >= 11 is 0. The molecule has 31 heavy (non-hydrogen) atoms. The van der Waals surface area contributed by atoms with Crippen molar-refractivity contribution in [1.82, 2.24) is 10.6 Å². The number of nitrogens with one attached hydrogen (secondary N) is 2. The minimum Gasteiger partial charge on any atom is -0.380 e. The van der Waals surface area contributed by atoms with Crippen LogP contribution in [0.2, 0.25) is 0 Å². The van der Waals surface area contributed by atoms with Gasteiger partial charge >= 0.3 is 0 Å². The van der Waals surface area contributed by atoms with Gasteiger partial charge in [-0.3, -0.25) is 19.2 Å². The van der Waals surface area contributed by atoms with Crippen molar-refractivity contribution in [3.8, 4) is 0 Å². The Kier molecular flexibility index (Phi) is 18.9. The third-order valence-corrected chi connectivity index (χ3v) is 4.45. The first kappa shape index (κ1) is 29.2.